The average molecular weight is 489 g/mol. The molecular weight excluding hydrogens is 468 g/mol. The Kier molecular flexibility index (Phi) is 6.41. The number of halogens is 1. The highest BCUT2D eigenvalue weighted by Crippen LogP contribution is 2.31. The van der Waals surface area contributed by atoms with Crippen LogP contribution < -0.4 is 14.2 Å². The molecule has 0 N–H and O–H groups in total. The zero-order chi connectivity index (χ0) is 21.8. The minimum atomic E-state index is -0.695. The Hall–Kier alpha value is -3.07. The van der Waals surface area contributed by atoms with E-state index < -0.39 is 6.10 Å². The molecular formula is C22H21BrN2O6. The van der Waals surface area contributed by atoms with Crippen molar-refractivity contribution in [1.82, 2.24) is 9.80 Å². The van der Waals surface area contributed by atoms with Gasteiger partial charge in [-0.3, -0.25) is 14.4 Å². The van der Waals surface area contributed by atoms with Crippen molar-refractivity contribution in [3.8, 4) is 17.2 Å². The van der Waals surface area contributed by atoms with E-state index in [1.165, 1.54) is 0 Å². The highest BCUT2D eigenvalue weighted by Gasteiger charge is 2.33. The van der Waals surface area contributed by atoms with Crippen LogP contribution in [-0.2, 0) is 9.59 Å². The smallest absolute Gasteiger partial charge is 0.267 e. The molecule has 0 saturated carbocycles. The van der Waals surface area contributed by atoms with Crippen molar-refractivity contribution in [3.05, 3.63) is 52.5 Å². The normalized spacial score (nSPS) is 17.8. The molecule has 1 unspecified atom stereocenters. The largest absolute Gasteiger partial charge is 0.485 e. The molecule has 2 amide bonds. The molecule has 1 saturated heterocycles. The predicted octanol–water partition coefficient (Wildman–Crippen LogP) is 2.15. The molecule has 2 aliphatic heterocycles. The minimum absolute atomic E-state index is 0.150. The lowest BCUT2D eigenvalue weighted by molar-refractivity contribution is -0.146. The van der Waals surface area contributed by atoms with E-state index >= 15 is 0 Å². The molecule has 0 aliphatic carbocycles. The van der Waals surface area contributed by atoms with Crippen LogP contribution in [-0.4, -0.2) is 73.4 Å². The first kappa shape index (κ1) is 21.2. The van der Waals surface area contributed by atoms with Crippen LogP contribution in [0.3, 0.4) is 0 Å². The summed E-state index contributed by atoms with van der Waals surface area (Å²) in [6, 6.07) is 12.3. The third-order valence-corrected chi connectivity index (χ3v) is 5.67. The highest BCUT2D eigenvalue weighted by atomic mass is 79.9. The highest BCUT2D eigenvalue weighted by molar-refractivity contribution is 9.10. The van der Waals surface area contributed by atoms with E-state index in [-0.39, 0.29) is 25.0 Å². The number of benzene rings is 2. The monoisotopic (exact) mass is 488 g/mol. The maximum absolute atomic E-state index is 12.8. The lowest BCUT2D eigenvalue weighted by Gasteiger charge is -2.37. The van der Waals surface area contributed by atoms with Crippen molar-refractivity contribution in [2.75, 3.05) is 39.4 Å². The number of hydrogen-bond donors (Lipinski definition) is 0. The molecule has 1 atom stereocenters. The van der Waals surface area contributed by atoms with E-state index in [2.05, 4.69) is 15.9 Å². The third-order valence-electron chi connectivity index (χ3n) is 5.18. The molecule has 2 aromatic rings. The van der Waals surface area contributed by atoms with Crippen molar-refractivity contribution in [2.24, 2.45) is 0 Å². The topological polar surface area (TPSA) is 85.4 Å². The molecule has 0 spiro atoms. The fourth-order valence-corrected chi connectivity index (χ4v) is 3.87. The molecule has 0 aromatic heterocycles. The van der Waals surface area contributed by atoms with E-state index in [9.17, 15) is 14.4 Å². The molecule has 162 valence electrons. The molecule has 8 nitrogen and oxygen atoms in total. The number of carbonyl (C=O) groups excluding carboxylic acids is 3. The Balaban J connectivity index is 1.27. The molecule has 1 fully saturated rings. The first-order valence-corrected chi connectivity index (χ1v) is 10.7. The number of para-hydroxylation sites is 2. The van der Waals surface area contributed by atoms with Crippen LogP contribution in [0.1, 0.15) is 10.4 Å². The summed E-state index contributed by atoms with van der Waals surface area (Å²) >= 11 is 3.30. The molecule has 0 bridgehead atoms. The van der Waals surface area contributed by atoms with Gasteiger partial charge < -0.3 is 24.0 Å². The van der Waals surface area contributed by atoms with Gasteiger partial charge in [0.05, 0.1) is 5.56 Å². The summed E-state index contributed by atoms with van der Waals surface area (Å²) in [5.74, 6) is 1.20. The summed E-state index contributed by atoms with van der Waals surface area (Å²) in [7, 11) is 0. The van der Waals surface area contributed by atoms with Crippen LogP contribution >= 0.6 is 15.9 Å². The first-order valence-electron chi connectivity index (χ1n) is 9.88. The molecule has 4 rings (SSSR count). The number of fused-ring (bicyclic) bond motifs is 1. The number of rotatable bonds is 5. The average Bonchev–Trinajstić information content (AvgIpc) is 2.82. The quantitative estimate of drug-likeness (QED) is 0.599. The Bertz CT molecular complexity index is 990. The van der Waals surface area contributed by atoms with Gasteiger partial charge in [-0.1, -0.05) is 28.1 Å². The SMILES string of the molecule is O=Cc1cc(Br)ccc1OCC(=O)N1CCN(C(=O)C2COc3ccccc3O2)CC1. The van der Waals surface area contributed by atoms with Gasteiger partial charge in [-0.2, -0.15) is 0 Å². The van der Waals surface area contributed by atoms with E-state index in [4.69, 9.17) is 14.2 Å². The van der Waals surface area contributed by atoms with Crippen molar-refractivity contribution in [2.45, 2.75) is 6.10 Å². The second-order valence-electron chi connectivity index (χ2n) is 7.16. The molecule has 2 aliphatic rings. The second-order valence-corrected chi connectivity index (χ2v) is 8.07. The van der Waals surface area contributed by atoms with Gasteiger partial charge in [0.15, 0.2) is 24.4 Å². The molecule has 31 heavy (non-hydrogen) atoms. The molecule has 9 heteroatoms. The zero-order valence-electron chi connectivity index (χ0n) is 16.7. The maximum atomic E-state index is 12.8. The van der Waals surface area contributed by atoms with Crippen molar-refractivity contribution in [3.63, 3.8) is 0 Å². The predicted molar refractivity (Wildman–Crippen MR) is 115 cm³/mol. The van der Waals surface area contributed by atoms with Gasteiger partial charge in [-0.25, -0.2) is 0 Å². The summed E-state index contributed by atoms with van der Waals surface area (Å²) in [6.45, 7) is 1.60. The van der Waals surface area contributed by atoms with Crippen molar-refractivity contribution >= 4 is 34.0 Å². The van der Waals surface area contributed by atoms with Crippen LogP contribution in [0.15, 0.2) is 46.9 Å². The summed E-state index contributed by atoms with van der Waals surface area (Å²) < 4.78 is 17.7. The van der Waals surface area contributed by atoms with Gasteiger partial charge in [0.1, 0.15) is 12.4 Å². The first-order chi connectivity index (χ1) is 15.0. The molecule has 0 radical (unpaired) electrons. The van der Waals surface area contributed by atoms with E-state index in [0.717, 1.165) is 4.47 Å². The standard InChI is InChI=1S/C22H21BrN2O6/c23-16-5-6-17(15(11-16)12-26)30-14-21(27)24-7-9-25(10-8-24)22(28)20-13-29-18-3-1-2-4-19(18)31-20/h1-6,11-12,20H,7-10,13-14H2. The van der Waals surface area contributed by atoms with Gasteiger partial charge in [-0.15, -0.1) is 0 Å². The van der Waals surface area contributed by atoms with E-state index in [1.54, 1.807) is 40.1 Å². The van der Waals surface area contributed by atoms with Gasteiger partial charge in [0.25, 0.3) is 11.8 Å². The number of piperazine rings is 1. The summed E-state index contributed by atoms with van der Waals surface area (Å²) in [6.07, 6.45) is -0.00985. The van der Waals surface area contributed by atoms with Crippen LogP contribution in [0.4, 0.5) is 0 Å². The van der Waals surface area contributed by atoms with Crippen molar-refractivity contribution in [1.29, 1.82) is 0 Å². The number of nitrogens with zero attached hydrogens (tertiary/aromatic N) is 2. The number of ether oxygens (including phenoxy) is 3. The Morgan fingerprint density at radius 1 is 1.06 bits per heavy atom. The summed E-state index contributed by atoms with van der Waals surface area (Å²) in [5.41, 5.74) is 0.369. The summed E-state index contributed by atoms with van der Waals surface area (Å²) in [5, 5.41) is 0. The number of amides is 2. The van der Waals surface area contributed by atoms with Crippen LogP contribution in [0.5, 0.6) is 17.2 Å². The van der Waals surface area contributed by atoms with Gasteiger partial charge in [-0.05, 0) is 30.3 Å². The second kappa shape index (κ2) is 9.38. The fourth-order valence-electron chi connectivity index (χ4n) is 3.49. The Morgan fingerprint density at radius 3 is 2.52 bits per heavy atom. The van der Waals surface area contributed by atoms with E-state index in [0.29, 0.717) is 55.3 Å². The van der Waals surface area contributed by atoms with Crippen LogP contribution in [0.2, 0.25) is 0 Å². The van der Waals surface area contributed by atoms with Crippen molar-refractivity contribution < 1.29 is 28.6 Å². The minimum Gasteiger partial charge on any atom is -0.485 e. The van der Waals surface area contributed by atoms with E-state index in [1.807, 2.05) is 12.1 Å². The van der Waals surface area contributed by atoms with Gasteiger partial charge in [0.2, 0.25) is 6.10 Å². The Labute approximate surface area is 187 Å². The van der Waals surface area contributed by atoms with Gasteiger partial charge in [0, 0.05) is 30.7 Å². The lowest BCUT2D eigenvalue weighted by atomic mass is 10.2. The lowest BCUT2D eigenvalue weighted by Crippen LogP contribution is -2.55. The maximum Gasteiger partial charge on any atom is 0.267 e. The van der Waals surface area contributed by atoms with Crippen LogP contribution in [0.25, 0.3) is 0 Å². The third kappa shape index (κ3) is 4.82. The number of aldehydes is 1. The van der Waals surface area contributed by atoms with Gasteiger partial charge >= 0.3 is 0 Å². The Morgan fingerprint density at radius 2 is 1.77 bits per heavy atom. The number of hydrogen-bond acceptors (Lipinski definition) is 6. The fraction of sp³-hybridized carbons (Fsp3) is 0.318. The molecule has 2 heterocycles. The zero-order valence-corrected chi connectivity index (χ0v) is 18.2. The van der Waals surface area contributed by atoms with Crippen LogP contribution in [0, 0.1) is 0 Å². The molecule has 2 aromatic carbocycles. The number of carbonyl (C=O) groups is 3. The summed E-state index contributed by atoms with van der Waals surface area (Å²) in [4.78, 5) is 39.8.